The molecule has 98 valence electrons. The van der Waals surface area contributed by atoms with Crippen LogP contribution in [0.3, 0.4) is 0 Å². The van der Waals surface area contributed by atoms with Crippen LogP contribution in [-0.2, 0) is 0 Å². The summed E-state index contributed by atoms with van der Waals surface area (Å²) in [4.78, 5) is 0. The molecule has 1 aromatic carbocycles. The van der Waals surface area contributed by atoms with Gasteiger partial charge in [0.15, 0.2) is 0 Å². The molecule has 0 spiro atoms. The lowest BCUT2D eigenvalue weighted by Crippen LogP contribution is -2.00. The Hall–Kier alpha value is -1.38. The highest BCUT2D eigenvalue weighted by atomic mass is 16.3. The maximum Gasteiger partial charge on any atom is 0.0824 e. The minimum atomic E-state index is -0.442. The van der Waals surface area contributed by atoms with E-state index in [0.717, 1.165) is 18.4 Å². The summed E-state index contributed by atoms with van der Waals surface area (Å²) in [5.74, 6) is 0. The molecule has 1 aromatic rings. The van der Waals surface area contributed by atoms with Crippen molar-refractivity contribution in [2.75, 3.05) is 0 Å². The van der Waals surface area contributed by atoms with E-state index in [1.807, 2.05) is 55.5 Å². The summed E-state index contributed by atoms with van der Waals surface area (Å²) in [5, 5.41) is 19.4. The lowest BCUT2D eigenvalue weighted by molar-refractivity contribution is 0.181. The van der Waals surface area contributed by atoms with E-state index in [1.165, 1.54) is 0 Å². The SMILES string of the molecule is C/C=C/[C@H](O)CC/C=C\C[C@H](O)c1ccccc1. The molecule has 0 aliphatic carbocycles. The van der Waals surface area contributed by atoms with E-state index in [4.69, 9.17) is 0 Å². The summed E-state index contributed by atoms with van der Waals surface area (Å²) in [6.45, 7) is 1.90. The average molecular weight is 246 g/mol. The number of rotatable bonds is 7. The molecular formula is C16H22O2. The molecular weight excluding hydrogens is 224 g/mol. The monoisotopic (exact) mass is 246 g/mol. The minimum absolute atomic E-state index is 0.362. The van der Waals surface area contributed by atoms with Crippen LogP contribution in [0.2, 0.25) is 0 Å². The van der Waals surface area contributed by atoms with E-state index < -0.39 is 6.10 Å². The van der Waals surface area contributed by atoms with Gasteiger partial charge in [-0.2, -0.15) is 0 Å². The second-order valence-electron chi connectivity index (χ2n) is 4.30. The fourth-order valence-electron chi connectivity index (χ4n) is 1.74. The van der Waals surface area contributed by atoms with E-state index in [0.29, 0.717) is 6.42 Å². The number of allylic oxidation sites excluding steroid dienone is 2. The topological polar surface area (TPSA) is 40.5 Å². The van der Waals surface area contributed by atoms with Gasteiger partial charge in [-0.15, -0.1) is 0 Å². The van der Waals surface area contributed by atoms with Crippen molar-refractivity contribution < 1.29 is 10.2 Å². The molecule has 18 heavy (non-hydrogen) atoms. The Kier molecular flexibility index (Phi) is 7.07. The van der Waals surface area contributed by atoms with Crippen molar-refractivity contribution >= 4 is 0 Å². The van der Waals surface area contributed by atoms with Gasteiger partial charge in [0.2, 0.25) is 0 Å². The fourth-order valence-corrected chi connectivity index (χ4v) is 1.74. The zero-order chi connectivity index (χ0) is 13.2. The zero-order valence-corrected chi connectivity index (χ0v) is 10.9. The third kappa shape index (κ3) is 5.80. The summed E-state index contributed by atoms with van der Waals surface area (Å²) in [7, 11) is 0. The number of hydrogen-bond donors (Lipinski definition) is 2. The lowest BCUT2D eigenvalue weighted by atomic mass is 10.1. The molecule has 2 N–H and O–H groups in total. The van der Waals surface area contributed by atoms with Crippen LogP contribution in [0.25, 0.3) is 0 Å². The highest BCUT2D eigenvalue weighted by molar-refractivity contribution is 5.17. The van der Waals surface area contributed by atoms with Crippen molar-refractivity contribution in [3.8, 4) is 0 Å². The first-order valence-electron chi connectivity index (χ1n) is 6.43. The normalized spacial score (nSPS) is 15.3. The summed E-state index contributed by atoms with van der Waals surface area (Å²) in [6, 6.07) is 9.64. The van der Waals surface area contributed by atoms with Gasteiger partial charge >= 0.3 is 0 Å². The Bertz CT molecular complexity index is 368. The summed E-state index contributed by atoms with van der Waals surface area (Å²) in [5.41, 5.74) is 0.941. The Balaban J connectivity index is 2.24. The van der Waals surface area contributed by atoms with Crippen molar-refractivity contribution in [1.29, 1.82) is 0 Å². The van der Waals surface area contributed by atoms with Crippen molar-refractivity contribution in [3.63, 3.8) is 0 Å². The van der Waals surface area contributed by atoms with Gasteiger partial charge < -0.3 is 10.2 Å². The lowest BCUT2D eigenvalue weighted by Gasteiger charge is -2.07. The quantitative estimate of drug-likeness (QED) is 0.724. The van der Waals surface area contributed by atoms with Gasteiger partial charge in [-0.05, 0) is 31.7 Å². The molecule has 0 saturated heterocycles. The summed E-state index contributed by atoms with van der Waals surface area (Å²) < 4.78 is 0. The van der Waals surface area contributed by atoms with Crippen molar-refractivity contribution in [2.45, 2.75) is 38.4 Å². The molecule has 0 aliphatic heterocycles. The van der Waals surface area contributed by atoms with Crippen molar-refractivity contribution in [3.05, 3.63) is 60.2 Å². The van der Waals surface area contributed by atoms with Crippen molar-refractivity contribution in [1.82, 2.24) is 0 Å². The molecule has 0 aliphatic rings. The second-order valence-corrected chi connectivity index (χ2v) is 4.30. The molecule has 2 nitrogen and oxygen atoms in total. The molecule has 0 heterocycles. The summed E-state index contributed by atoms with van der Waals surface area (Å²) >= 11 is 0. The smallest absolute Gasteiger partial charge is 0.0824 e. The molecule has 0 saturated carbocycles. The molecule has 0 unspecified atom stereocenters. The molecule has 2 heteroatoms. The third-order valence-corrected chi connectivity index (χ3v) is 2.75. The van der Waals surface area contributed by atoms with Crippen LogP contribution in [0.5, 0.6) is 0 Å². The predicted molar refractivity (Wildman–Crippen MR) is 75.2 cm³/mol. The van der Waals surface area contributed by atoms with Gasteiger partial charge in [0.1, 0.15) is 0 Å². The first kappa shape index (κ1) is 14.7. The minimum Gasteiger partial charge on any atom is -0.389 e. The largest absolute Gasteiger partial charge is 0.389 e. The molecule has 0 amide bonds. The van der Waals surface area contributed by atoms with Crippen LogP contribution < -0.4 is 0 Å². The molecule has 0 bridgehead atoms. The standard InChI is InChI=1S/C16H22O2/c1-2-9-15(17)12-7-4-8-13-16(18)14-10-5-3-6-11-14/h2-6,8-11,15-18H,7,12-13H2,1H3/b8-4-,9-2+/t15-,16-/m0/s1. The van der Waals surface area contributed by atoms with Crippen molar-refractivity contribution in [2.24, 2.45) is 0 Å². The van der Waals surface area contributed by atoms with E-state index in [1.54, 1.807) is 6.08 Å². The van der Waals surface area contributed by atoms with Crippen LogP contribution in [0.1, 0.15) is 37.9 Å². The van der Waals surface area contributed by atoms with Gasteiger partial charge in [-0.3, -0.25) is 0 Å². The fraction of sp³-hybridized carbons (Fsp3) is 0.375. The first-order valence-corrected chi connectivity index (χ1v) is 6.43. The van der Waals surface area contributed by atoms with Gasteiger partial charge in [0.25, 0.3) is 0 Å². The Morgan fingerprint density at radius 1 is 1.11 bits per heavy atom. The second kappa shape index (κ2) is 8.67. The number of hydrogen-bond acceptors (Lipinski definition) is 2. The highest BCUT2D eigenvalue weighted by Crippen LogP contribution is 2.16. The van der Waals surface area contributed by atoms with Gasteiger partial charge in [0.05, 0.1) is 12.2 Å². The van der Waals surface area contributed by atoms with E-state index in [9.17, 15) is 10.2 Å². The Morgan fingerprint density at radius 2 is 1.83 bits per heavy atom. The molecule has 0 aromatic heterocycles. The summed E-state index contributed by atoms with van der Waals surface area (Å²) in [6.07, 6.45) is 8.99. The molecule has 0 radical (unpaired) electrons. The maximum atomic E-state index is 9.90. The van der Waals surface area contributed by atoms with Crippen LogP contribution in [0, 0.1) is 0 Å². The Morgan fingerprint density at radius 3 is 2.50 bits per heavy atom. The van der Waals surface area contributed by atoms with Gasteiger partial charge in [0, 0.05) is 0 Å². The van der Waals surface area contributed by atoms with Crippen LogP contribution in [0.4, 0.5) is 0 Å². The molecule has 1 rings (SSSR count). The van der Waals surface area contributed by atoms with Crippen LogP contribution in [-0.4, -0.2) is 16.3 Å². The van der Waals surface area contributed by atoms with E-state index in [-0.39, 0.29) is 6.10 Å². The number of benzene rings is 1. The number of aliphatic hydroxyl groups excluding tert-OH is 2. The van der Waals surface area contributed by atoms with E-state index >= 15 is 0 Å². The molecule has 2 atom stereocenters. The zero-order valence-electron chi connectivity index (χ0n) is 10.9. The Labute approximate surface area is 109 Å². The van der Waals surface area contributed by atoms with E-state index in [2.05, 4.69) is 0 Å². The predicted octanol–water partition coefficient (Wildman–Crippen LogP) is 3.38. The maximum absolute atomic E-state index is 9.90. The van der Waals surface area contributed by atoms with Crippen LogP contribution in [0.15, 0.2) is 54.6 Å². The third-order valence-electron chi connectivity index (χ3n) is 2.75. The van der Waals surface area contributed by atoms with Gasteiger partial charge in [-0.1, -0.05) is 54.6 Å². The molecule has 0 fully saturated rings. The van der Waals surface area contributed by atoms with Crippen LogP contribution >= 0.6 is 0 Å². The number of aliphatic hydroxyl groups is 2. The highest BCUT2D eigenvalue weighted by Gasteiger charge is 2.03. The first-order chi connectivity index (χ1) is 8.74. The van der Waals surface area contributed by atoms with Gasteiger partial charge in [-0.25, -0.2) is 0 Å². The average Bonchev–Trinajstić information content (AvgIpc) is 2.39.